The Hall–Kier alpha value is -2.45. The van der Waals surface area contributed by atoms with Crippen molar-refractivity contribution in [3.63, 3.8) is 0 Å². The molecule has 5 heteroatoms. The molecule has 0 bridgehead atoms. The van der Waals surface area contributed by atoms with Crippen LogP contribution in [0.4, 0.5) is 5.69 Å². The monoisotopic (exact) mass is 310 g/mol. The fourth-order valence-corrected chi connectivity index (χ4v) is 2.78. The number of ether oxygens (including phenoxy) is 1. The molecule has 0 unspecified atom stereocenters. The number of nitrogens with one attached hydrogen (secondary N) is 1. The van der Waals surface area contributed by atoms with E-state index in [1.807, 2.05) is 41.8 Å². The smallest absolute Gasteiger partial charge is 0.231 e. The van der Waals surface area contributed by atoms with Crippen LogP contribution in [0.3, 0.4) is 0 Å². The summed E-state index contributed by atoms with van der Waals surface area (Å²) in [6.45, 7) is 0.394. The molecular formula is C17H14N2O2S. The number of amides is 1. The number of hydrogen-bond donors (Lipinski definition) is 1. The van der Waals surface area contributed by atoms with E-state index >= 15 is 0 Å². The van der Waals surface area contributed by atoms with Gasteiger partial charge in [-0.15, -0.1) is 0 Å². The van der Waals surface area contributed by atoms with Crippen LogP contribution in [0.1, 0.15) is 5.56 Å². The van der Waals surface area contributed by atoms with Gasteiger partial charge in [0.1, 0.15) is 17.8 Å². The van der Waals surface area contributed by atoms with Crippen molar-refractivity contribution in [2.75, 3.05) is 11.9 Å². The number of nitrogens with zero attached hydrogens (tertiary/aromatic N) is 1. The number of carbonyl (C=O) groups is 1. The Morgan fingerprint density at radius 2 is 2.00 bits per heavy atom. The van der Waals surface area contributed by atoms with Crippen LogP contribution in [-0.4, -0.2) is 12.5 Å². The first-order valence-electron chi connectivity index (χ1n) is 6.94. The zero-order valence-electron chi connectivity index (χ0n) is 11.8. The maximum Gasteiger partial charge on any atom is 0.231 e. The summed E-state index contributed by atoms with van der Waals surface area (Å²) in [7, 11) is 0. The van der Waals surface area contributed by atoms with Crippen LogP contribution in [0, 0.1) is 16.6 Å². The van der Waals surface area contributed by atoms with E-state index in [2.05, 4.69) is 5.32 Å². The van der Waals surface area contributed by atoms with Gasteiger partial charge in [0, 0.05) is 10.6 Å². The van der Waals surface area contributed by atoms with E-state index in [1.165, 1.54) is 0 Å². The SMILES string of the molecule is N#CSc1ccc(NC(=O)[C@@H]2COc3ccccc3C2)cc1. The van der Waals surface area contributed by atoms with E-state index in [0.717, 1.165) is 33.7 Å². The van der Waals surface area contributed by atoms with Crippen LogP contribution in [-0.2, 0) is 11.2 Å². The van der Waals surface area contributed by atoms with Gasteiger partial charge in [-0.1, -0.05) is 18.2 Å². The van der Waals surface area contributed by atoms with Crippen molar-refractivity contribution in [2.45, 2.75) is 11.3 Å². The maximum atomic E-state index is 12.3. The lowest BCUT2D eigenvalue weighted by atomic mass is 9.96. The van der Waals surface area contributed by atoms with Crippen LogP contribution in [0.2, 0.25) is 0 Å². The van der Waals surface area contributed by atoms with Crippen LogP contribution in [0.5, 0.6) is 5.75 Å². The van der Waals surface area contributed by atoms with Crippen molar-refractivity contribution >= 4 is 23.4 Å². The molecule has 1 aliphatic rings. The third kappa shape index (κ3) is 3.23. The number of anilines is 1. The summed E-state index contributed by atoms with van der Waals surface area (Å²) < 4.78 is 5.65. The molecule has 1 amide bonds. The molecule has 1 N–H and O–H groups in total. The minimum atomic E-state index is -0.192. The second-order valence-electron chi connectivity index (χ2n) is 5.03. The molecule has 1 atom stereocenters. The third-order valence-corrected chi connectivity index (χ3v) is 4.13. The van der Waals surface area contributed by atoms with Gasteiger partial charge in [0.25, 0.3) is 0 Å². The molecule has 0 fully saturated rings. The molecule has 0 saturated carbocycles. The maximum absolute atomic E-state index is 12.3. The summed E-state index contributed by atoms with van der Waals surface area (Å²) >= 11 is 1.10. The number of thiocyanates is 1. The molecule has 0 aliphatic carbocycles. The molecule has 3 rings (SSSR count). The van der Waals surface area contributed by atoms with E-state index in [0.29, 0.717) is 13.0 Å². The van der Waals surface area contributed by atoms with E-state index < -0.39 is 0 Å². The van der Waals surface area contributed by atoms with Gasteiger partial charge in [0.2, 0.25) is 5.91 Å². The van der Waals surface area contributed by atoms with E-state index in [-0.39, 0.29) is 11.8 Å². The first-order chi connectivity index (χ1) is 10.8. The van der Waals surface area contributed by atoms with E-state index in [9.17, 15) is 4.79 Å². The van der Waals surface area contributed by atoms with Gasteiger partial charge >= 0.3 is 0 Å². The van der Waals surface area contributed by atoms with Crippen molar-refractivity contribution in [2.24, 2.45) is 5.92 Å². The molecule has 0 aromatic heterocycles. The molecule has 0 radical (unpaired) electrons. The minimum Gasteiger partial charge on any atom is -0.492 e. The summed E-state index contributed by atoms with van der Waals surface area (Å²) in [5, 5.41) is 13.5. The van der Waals surface area contributed by atoms with Crippen LogP contribution >= 0.6 is 11.8 Å². The van der Waals surface area contributed by atoms with Crippen molar-refractivity contribution in [1.29, 1.82) is 5.26 Å². The molecule has 2 aromatic carbocycles. The highest BCUT2D eigenvalue weighted by Gasteiger charge is 2.25. The number of nitriles is 1. The number of rotatable bonds is 3. The zero-order valence-corrected chi connectivity index (χ0v) is 12.6. The Bertz CT molecular complexity index is 722. The predicted molar refractivity (Wildman–Crippen MR) is 85.7 cm³/mol. The van der Waals surface area contributed by atoms with Gasteiger partial charge in [-0.05, 0) is 54.1 Å². The van der Waals surface area contributed by atoms with E-state index in [1.54, 1.807) is 12.1 Å². The summed E-state index contributed by atoms with van der Waals surface area (Å²) in [6, 6.07) is 15.0. The lowest BCUT2D eigenvalue weighted by Gasteiger charge is -2.24. The third-order valence-electron chi connectivity index (χ3n) is 3.54. The molecule has 1 aliphatic heterocycles. The number of para-hydroxylation sites is 1. The average molecular weight is 310 g/mol. The predicted octanol–water partition coefficient (Wildman–Crippen LogP) is 3.45. The summed E-state index contributed by atoms with van der Waals surface area (Å²) in [4.78, 5) is 13.2. The van der Waals surface area contributed by atoms with Crippen molar-refractivity contribution in [3.05, 3.63) is 54.1 Å². The van der Waals surface area contributed by atoms with Gasteiger partial charge in [0.15, 0.2) is 0 Å². The average Bonchev–Trinajstić information content (AvgIpc) is 2.56. The lowest BCUT2D eigenvalue weighted by Crippen LogP contribution is -2.32. The molecular weight excluding hydrogens is 296 g/mol. The summed E-state index contributed by atoms with van der Waals surface area (Å²) in [5.74, 6) is 0.627. The number of thioether (sulfide) groups is 1. The largest absolute Gasteiger partial charge is 0.492 e. The molecule has 22 heavy (non-hydrogen) atoms. The fraction of sp³-hybridized carbons (Fsp3) is 0.176. The Balaban J connectivity index is 1.64. The number of hydrogen-bond acceptors (Lipinski definition) is 4. The molecule has 2 aromatic rings. The molecule has 4 nitrogen and oxygen atoms in total. The fourth-order valence-electron chi connectivity index (χ4n) is 2.40. The Labute approximate surface area is 133 Å². The van der Waals surface area contributed by atoms with Gasteiger partial charge in [-0.3, -0.25) is 4.79 Å². The molecule has 1 heterocycles. The summed E-state index contributed by atoms with van der Waals surface area (Å²) in [5.41, 5.74) is 1.79. The van der Waals surface area contributed by atoms with Gasteiger partial charge in [-0.2, -0.15) is 5.26 Å². The Morgan fingerprint density at radius 1 is 1.23 bits per heavy atom. The lowest BCUT2D eigenvalue weighted by molar-refractivity contribution is -0.121. The normalized spacial score (nSPS) is 16.0. The number of fused-ring (bicyclic) bond motifs is 1. The van der Waals surface area contributed by atoms with Crippen LogP contribution < -0.4 is 10.1 Å². The van der Waals surface area contributed by atoms with Crippen molar-refractivity contribution in [3.8, 4) is 11.2 Å². The Kier molecular flexibility index (Phi) is 4.31. The standard InChI is InChI=1S/C17H14N2O2S/c18-11-22-15-7-5-14(6-8-15)19-17(20)13-9-12-3-1-2-4-16(12)21-10-13/h1-8,13H,9-10H2,(H,19,20)/t13-/m0/s1. The minimum absolute atomic E-state index is 0.0461. The second-order valence-corrected chi connectivity index (χ2v) is 5.88. The van der Waals surface area contributed by atoms with Gasteiger partial charge in [-0.25, -0.2) is 0 Å². The van der Waals surface area contributed by atoms with Crippen molar-refractivity contribution in [1.82, 2.24) is 0 Å². The topological polar surface area (TPSA) is 62.1 Å². The molecule has 0 spiro atoms. The number of benzene rings is 2. The van der Waals surface area contributed by atoms with Crippen LogP contribution in [0.25, 0.3) is 0 Å². The van der Waals surface area contributed by atoms with Crippen LogP contribution in [0.15, 0.2) is 53.4 Å². The highest BCUT2D eigenvalue weighted by atomic mass is 32.2. The van der Waals surface area contributed by atoms with Gasteiger partial charge in [0.05, 0.1) is 5.92 Å². The highest BCUT2D eigenvalue weighted by Crippen LogP contribution is 2.27. The number of carbonyl (C=O) groups excluding carboxylic acids is 1. The quantitative estimate of drug-likeness (QED) is 0.696. The first kappa shape index (κ1) is 14.5. The second kappa shape index (κ2) is 6.54. The molecule has 0 saturated heterocycles. The zero-order chi connectivity index (χ0) is 15.4. The van der Waals surface area contributed by atoms with E-state index in [4.69, 9.17) is 10.00 Å². The molecule has 110 valence electrons. The first-order valence-corrected chi connectivity index (χ1v) is 7.75. The van der Waals surface area contributed by atoms with Gasteiger partial charge < -0.3 is 10.1 Å². The van der Waals surface area contributed by atoms with Crippen molar-refractivity contribution < 1.29 is 9.53 Å². The Morgan fingerprint density at radius 3 is 2.77 bits per heavy atom. The highest BCUT2D eigenvalue weighted by molar-refractivity contribution is 8.03. The summed E-state index contributed by atoms with van der Waals surface area (Å²) in [6.07, 6.45) is 0.685.